The fourth-order valence-electron chi connectivity index (χ4n) is 2.28. The highest BCUT2D eigenvalue weighted by atomic mass is 127. The molecular weight excluding hydrogens is 447 g/mol. The molecule has 5 nitrogen and oxygen atoms in total. The van der Waals surface area contributed by atoms with Gasteiger partial charge in [0.05, 0.1) is 17.3 Å². The van der Waals surface area contributed by atoms with Crippen LogP contribution >= 0.6 is 35.3 Å². The summed E-state index contributed by atoms with van der Waals surface area (Å²) in [6.07, 6.45) is 0.898. The van der Waals surface area contributed by atoms with E-state index in [0.29, 0.717) is 13.2 Å². The molecular formula is C18H27IN4OS. The minimum absolute atomic E-state index is 0. The van der Waals surface area contributed by atoms with Gasteiger partial charge >= 0.3 is 0 Å². The van der Waals surface area contributed by atoms with Crippen molar-refractivity contribution >= 4 is 41.3 Å². The largest absolute Gasteiger partial charge is 0.494 e. The minimum Gasteiger partial charge on any atom is -0.494 e. The Morgan fingerprint density at radius 3 is 2.64 bits per heavy atom. The van der Waals surface area contributed by atoms with E-state index in [0.717, 1.165) is 40.9 Å². The van der Waals surface area contributed by atoms with Crippen molar-refractivity contribution in [3.05, 3.63) is 45.4 Å². The van der Waals surface area contributed by atoms with Crippen LogP contribution in [0, 0.1) is 13.8 Å². The van der Waals surface area contributed by atoms with Gasteiger partial charge in [-0.25, -0.2) is 4.98 Å². The van der Waals surface area contributed by atoms with Gasteiger partial charge < -0.3 is 15.4 Å². The Balaban J connectivity index is 0.00000312. The molecule has 1 heterocycles. The van der Waals surface area contributed by atoms with Crippen LogP contribution in [0.2, 0.25) is 0 Å². The zero-order chi connectivity index (χ0) is 17.4. The number of benzene rings is 1. The molecule has 0 aliphatic carbocycles. The Kier molecular flexibility index (Phi) is 9.81. The molecule has 0 atom stereocenters. The normalized spacial score (nSPS) is 11.0. The SMILES string of the molecule is CCOc1ccccc1CNC(=NC)NCCc1nc(C)c(C)s1.I. The van der Waals surface area contributed by atoms with Gasteiger partial charge in [0, 0.05) is 37.0 Å². The molecule has 0 saturated carbocycles. The standard InChI is InChI=1S/C18H26N4OS.HI/c1-5-23-16-9-7-6-8-15(16)12-21-18(19-4)20-11-10-17-22-13(2)14(3)24-17;/h6-9H,5,10-12H2,1-4H3,(H2,19,20,21);1H. The van der Waals surface area contributed by atoms with Gasteiger partial charge in [-0.15, -0.1) is 35.3 Å². The number of guanidine groups is 1. The quantitative estimate of drug-likeness (QED) is 0.365. The number of para-hydroxylation sites is 1. The highest BCUT2D eigenvalue weighted by Gasteiger charge is 2.06. The van der Waals surface area contributed by atoms with Crippen molar-refractivity contribution in [1.82, 2.24) is 15.6 Å². The number of halogens is 1. The average molecular weight is 474 g/mol. The molecule has 2 N–H and O–H groups in total. The van der Waals surface area contributed by atoms with Crippen LogP contribution in [-0.2, 0) is 13.0 Å². The first-order valence-corrected chi connectivity index (χ1v) is 9.03. The lowest BCUT2D eigenvalue weighted by Gasteiger charge is -2.14. The number of thiazole rings is 1. The van der Waals surface area contributed by atoms with Crippen LogP contribution < -0.4 is 15.4 Å². The number of hydrogen-bond donors (Lipinski definition) is 2. The molecule has 0 radical (unpaired) electrons. The van der Waals surface area contributed by atoms with Gasteiger partial charge in [0.2, 0.25) is 0 Å². The zero-order valence-corrected chi connectivity index (χ0v) is 18.4. The molecule has 2 aromatic rings. The lowest BCUT2D eigenvalue weighted by atomic mass is 10.2. The molecule has 0 aliphatic rings. The first-order valence-electron chi connectivity index (χ1n) is 8.22. The number of rotatable bonds is 7. The fraction of sp³-hybridized carbons (Fsp3) is 0.444. The molecule has 0 bridgehead atoms. The summed E-state index contributed by atoms with van der Waals surface area (Å²) in [5.41, 5.74) is 2.25. The average Bonchev–Trinajstić information content (AvgIpc) is 2.90. The van der Waals surface area contributed by atoms with Gasteiger partial charge in [0.15, 0.2) is 5.96 Å². The molecule has 1 aromatic heterocycles. The van der Waals surface area contributed by atoms with Crippen LogP contribution in [0.4, 0.5) is 0 Å². The third-order valence-corrected chi connectivity index (χ3v) is 4.78. The molecule has 2 rings (SSSR count). The van der Waals surface area contributed by atoms with Gasteiger partial charge in [0.25, 0.3) is 0 Å². The highest BCUT2D eigenvalue weighted by molar-refractivity contribution is 14.0. The van der Waals surface area contributed by atoms with E-state index in [2.05, 4.69) is 40.5 Å². The lowest BCUT2D eigenvalue weighted by Crippen LogP contribution is -2.37. The van der Waals surface area contributed by atoms with Gasteiger partial charge in [-0.05, 0) is 26.8 Å². The van der Waals surface area contributed by atoms with Crippen molar-refractivity contribution in [2.45, 2.75) is 33.7 Å². The predicted octanol–water partition coefficient (Wildman–Crippen LogP) is 3.68. The van der Waals surface area contributed by atoms with Gasteiger partial charge in [0.1, 0.15) is 5.75 Å². The third kappa shape index (κ3) is 6.81. The van der Waals surface area contributed by atoms with Crippen molar-refractivity contribution in [1.29, 1.82) is 0 Å². The summed E-state index contributed by atoms with van der Waals surface area (Å²) in [4.78, 5) is 10.1. The molecule has 0 unspecified atom stereocenters. The Morgan fingerprint density at radius 1 is 1.24 bits per heavy atom. The predicted molar refractivity (Wildman–Crippen MR) is 117 cm³/mol. The van der Waals surface area contributed by atoms with Crippen molar-refractivity contribution < 1.29 is 4.74 Å². The second-order valence-corrected chi connectivity index (χ2v) is 6.68. The number of aliphatic imine (C=N–C) groups is 1. The second-order valence-electron chi connectivity index (χ2n) is 5.39. The number of aromatic nitrogens is 1. The Hall–Kier alpha value is -1.35. The Morgan fingerprint density at radius 2 is 2.00 bits per heavy atom. The lowest BCUT2D eigenvalue weighted by molar-refractivity contribution is 0.336. The molecule has 1 aromatic carbocycles. The third-order valence-electron chi connectivity index (χ3n) is 3.65. The summed E-state index contributed by atoms with van der Waals surface area (Å²) in [5, 5.41) is 7.82. The van der Waals surface area contributed by atoms with Crippen molar-refractivity contribution in [3.8, 4) is 5.75 Å². The zero-order valence-electron chi connectivity index (χ0n) is 15.3. The van der Waals surface area contributed by atoms with Crippen molar-refractivity contribution in [2.75, 3.05) is 20.2 Å². The summed E-state index contributed by atoms with van der Waals surface area (Å²) in [5.74, 6) is 1.70. The maximum absolute atomic E-state index is 5.65. The first kappa shape index (κ1) is 21.7. The number of aryl methyl sites for hydroxylation is 2. The highest BCUT2D eigenvalue weighted by Crippen LogP contribution is 2.18. The van der Waals surface area contributed by atoms with E-state index < -0.39 is 0 Å². The van der Waals surface area contributed by atoms with Crippen LogP contribution in [-0.4, -0.2) is 31.1 Å². The van der Waals surface area contributed by atoms with Gasteiger partial charge in [-0.1, -0.05) is 18.2 Å². The van der Waals surface area contributed by atoms with E-state index in [-0.39, 0.29) is 24.0 Å². The van der Waals surface area contributed by atoms with E-state index in [9.17, 15) is 0 Å². The van der Waals surface area contributed by atoms with E-state index in [4.69, 9.17) is 4.74 Å². The number of ether oxygens (including phenoxy) is 1. The summed E-state index contributed by atoms with van der Waals surface area (Å²) in [7, 11) is 1.78. The monoisotopic (exact) mass is 474 g/mol. The second kappa shape index (κ2) is 11.3. The number of hydrogen-bond acceptors (Lipinski definition) is 4. The van der Waals surface area contributed by atoms with E-state index in [1.807, 2.05) is 25.1 Å². The number of nitrogens with one attached hydrogen (secondary N) is 2. The molecule has 7 heteroatoms. The van der Waals surface area contributed by atoms with Crippen LogP contribution in [0.15, 0.2) is 29.3 Å². The molecule has 0 aliphatic heterocycles. The minimum atomic E-state index is 0. The summed E-state index contributed by atoms with van der Waals surface area (Å²) >= 11 is 1.76. The maximum Gasteiger partial charge on any atom is 0.191 e. The summed E-state index contributed by atoms with van der Waals surface area (Å²) < 4.78 is 5.65. The van der Waals surface area contributed by atoms with E-state index >= 15 is 0 Å². The van der Waals surface area contributed by atoms with Crippen molar-refractivity contribution in [2.24, 2.45) is 4.99 Å². The van der Waals surface area contributed by atoms with E-state index in [1.165, 1.54) is 4.88 Å². The van der Waals surface area contributed by atoms with Crippen LogP contribution in [0.1, 0.15) is 28.1 Å². The van der Waals surface area contributed by atoms with Crippen LogP contribution in [0.5, 0.6) is 5.75 Å². The summed E-state index contributed by atoms with van der Waals surface area (Å²) in [6, 6.07) is 8.05. The topological polar surface area (TPSA) is 58.5 Å². The van der Waals surface area contributed by atoms with Crippen LogP contribution in [0.3, 0.4) is 0 Å². The first-order chi connectivity index (χ1) is 11.6. The van der Waals surface area contributed by atoms with Gasteiger partial charge in [-0.3, -0.25) is 4.99 Å². The number of nitrogens with zero attached hydrogens (tertiary/aromatic N) is 2. The fourth-order valence-corrected chi connectivity index (χ4v) is 3.21. The Labute approximate surface area is 171 Å². The van der Waals surface area contributed by atoms with Gasteiger partial charge in [-0.2, -0.15) is 0 Å². The van der Waals surface area contributed by atoms with Crippen LogP contribution in [0.25, 0.3) is 0 Å². The molecule has 0 spiro atoms. The molecule has 0 saturated heterocycles. The molecule has 0 amide bonds. The van der Waals surface area contributed by atoms with E-state index in [1.54, 1.807) is 18.4 Å². The smallest absolute Gasteiger partial charge is 0.191 e. The molecule has 0 fully saturated rings. The maximum atomic E-state index is 5.65. The summed E-state index contributed by atoms with van der Waals surface area (Å²) in [6.45, 7) is 8.30. The van der Waals surface area contributed by atoms with Crippen molar-refractivity contribution in [3.63, 3.8) is 0 Å². The Bertz CT molecular complexity index is 668. The molecule has 25 heavy (non-hydrogen) atoms. The molecule has 138 valence electrons.